The monoisotopic (exact) mass is 458 g/mol. The molecule has 0 spiro atoms. The van der Waals surface area contributed by atoms with Gasteiger partial charge in [0.2, 0.25) is 0 Å². The molecule has 1 N–H and O–H groups in total. The van der Waals surface area contributed by atoms with Crippen molar-refractivity contribution < 1.29 is 4.79 Å². The molecule has 2 rings (SSSR count). The van der Waals surface area contributed by atoms with Gasteiger partial charge in [-0.15, -0.1) is 0 Å². The summed E-state index contributed by atoms with van der Waals surface area (Å²) in [6.45, 7) is 0.518. The van der Waals surface area contributed by atoms with Crippen molar-refractivity contribution in [2.24, 2.45) is 0 Å². The lowest BCUT2D eigenvalue weighted by Crippen LogP contribution is -2.23. The minimum absolute atomic E-state index is 0.0722. The van der Waals surface area contributed by atoms with Gasteiger partial charge in [-0.25, -0.2) is 0 Å². The maximum Gasteiger partial charge on any atom is 0.252 e. The summed E-state index contributed by atoms with van der Waals surface area (Å²) in [5, 5.41) is 2.95. The van der Waals surface area contributed by atoms with Gasteiger partial charge in [0.15, 0.2) is 0 Å². The summed E-state index contributed by atoms with van der Waals surface area (Å²) in [6.07, 6.45) is 0. The number of halogens is 2. The van der Waals surface area contributed by atoms with E-state index in [1.807, 2.05) is 61.5 Å². The Morgan fingerprint density at radius 1 is 1.19 bits per heavy atom. The average molecular weight is 459 g/mol. The van der Waals surface area contributed by atoms with Crippen molar-refractivity contribution in [3.8, 4) is 0 Å². The quantitative estimate of drug-likeness (QED) is 0.701. The molecule has 0 heterocycles. The van der Waals surface area contributed by atoms with Crippen molar-refractivity contribution in [1.82, 2.24) is 5.32 Å². The highest BCUT2D eigenvalue weighted by Gasteiger charge is 2.10. The second-order valence-electron chi connectivity index (χ2n) is 4.87. The number of hydrogen-bond donors (Lipinski definition) is 1. The summed E-state index contributed by atoms with van der Waals surface area (Å²) in [4.78, 5) is 14.3. The number of nitrogens with one attached hydrogen (secondary N) is 1. The van der Waals surface area contributed by atoms with Gasteiger partial charge in [-0.1, -0.05) is 12.1 Å². The molecule has 0 aliphatic rings. The smallest absolute Gasteiger partial charge is 0.252 e. The van der Waals surface area contributed by atoms with Gasteiger partial charge in [0.1, 0.15) is 0 Å². The fourth-order valence-electron chi connectivity index (χ4n) is 1.86. The summed E-state index contributed by atoms with van der Waals surface area (Å²) < 4.78 is 1.85. The molecule has 21 heavy (non-hydrogen) atoms. The van der Waals surface area contributed by atoms with Gasteiger partial charge in [-0.3, -0.25) is 4.79 Å². The first kappa shape index (κ1) is 16.3. The molecule has 0 aliphatic carbocycles. The van der Waals surface area contributed by atoms with Crippen LogP contribution in [-0.4, -0.2) is 20.0 Å². The van der Waals surface area contributed by atoms with Gasteiger partial charge in [0.25, 0.3) is 5.91 Å². The van der Waals surface area contributed by atoms with E-state index in [9.17, 15) is 4.79 Å². The number of carbonyl (C=O) groups excluding carboxylic acids is 1. The average Bonchev–Trinajstić information content (AvgIpc) is 2.47. The zero-order chi connectivity index (χ0) is 15.4. The van der Waals surface area contributed by atoms with Crippen LogP contribution < -0.4 is 10.2 Å². The van der Waals surface area contributed by atoms with E-state index in [1.54, 1.807) is 0 Å². The molecule has 0 bridgehead atoms. The molecule has 5 heteroatoms. The molecule has 0 atom stereocenters. The summed E-state index contributed by atoms with van der Waals surface area (Å²) in [5.74, 6) is -0.0722. The molecule has 0 aliphatic heterocycles. The third kappa shape index (κ3) is 4.44. The van der Waals surface area contributed by atoms with E-state index < -0.39 is 0 Å². The van der Waals surface area contributed by atoms with Crippen molar-refractivity contribution in [1.29, 1.82) is 0 Å². The van der Waals surface area contributed by atoms with E-state index in [0.717, 1.165) is 19.3 Å². The Bertz CT molecular complexity index is 641. The zero-order valence-electron chi connectivity index (χ0n) is 11.9. The normalized spacial score (nSPS) is 10.3. The Kier molecular flexibility index (Phi) is 5.64. The topological polar surface area (TPSA) is 32.3 Å². The number of benzene rings is 2. The largest absolute Gasteiger partial charge is 0.378 e. The van der Waals surface area contributed by atoms with Crippen LogP contribution >= 0.6 is 38.5 Å². The lowest BCUT2D eigenvalue weighted by Gasteiger charge is -2.13. The van der Waals surface area contributed by atoms with Crippen LogP contribution in [0.3, 0.4) is 0 Å². The number of nitrogens with zero attached hydrogens (tertiary/aromatic N) is 1. The summed E-state index contributed by atoms with van der Waals surface area (Å²) in [5.41, 5.74) is 2.88. The van der Waals surface area contributed by atoms with Crippen molar-refractivity contribution in [2.45, 2.75) is 6.54 Å². The molecule has 0 saturated heterocycles. The second-order valence-corrected chi connectivity index (χ2v) is 6.97. The minimum Gasteiger partial charge on any atom is -0.378 e. The van der Waals surface area contributed by atoms with Gasteiger partial charge in [0.05, 0.1) is 5.56 Å². The van der Waals surface area contributed by atoms with Crippen LogP contribution in [0, 0.1) is 3.57 Å². The Morgan fingerprint density at radius 3 is 2.48 bits per heavy atom. The highest BCUT2D eigenvalue weighted by atomic mass is 127. The van der Waals surface area contributed by atoms with Gasteiger partial charge in [-0.05, 0) is 74.4 Å². The third-order valence-corrected chi connectivity index (χ3v) is 4.44. The van der Waals surface area contributed by atoms with Crippen molar-refractivity contribution in [2.75, 3.05) is 19.0 Å². The fraction of sp³-hybridized carbons (Fsp3) is 0.188. The van der Waals surface area contributed by atoms with Gasteiger partial charge in [0, 0.05) is 34.4 Å². The van der Waals surface area contributed by atoms with Crippen LogP contribution in [0.2, 0.25) is 0 Å². The molecule has 110 valence electrons. The van der Waals surface area contributed by atoms with E-state index in [4.69, 9.17) is 0 Å². The first-order chi connectivity index (χ1) is 9.97. The SMILES string of the molecule is CN(C)c1ccc(CNC(=O)c2cc(I)ccc2Br)cc1. The maximum absolute atomic E-state index is 12.2. The van der Waals surface area contributed by atoms with E-state index in [2.05, 4.69) is 43.8 Å². The van der Waals surface area contributed by atoms with Crippen molar-refractivity contribution in [3.63, 3.8) is 0 Å². The minimum atomic E-state index is -0.0722. The highest BCUT2D eigenvalue weighted by Crippen LogP contribution is 2.19. The first-order valence-corrected chi connectivity index (χ1v) is 8.34. The van der Waals surface area contributed by atoms with Crippen LogP contribution in [0.5, 0.6) is 0 Å². The zero-order valence-corrected chi connectivity index (χ0v) is 15.6. The maximum atomic E-state index is 12.2. The van der Waals surface area contributed by atoms with Crippen LogP contribution in [-0.2, 0) is 6.54 Å². The predicted octanol–water partition coefficient (Wildman–Crippen LogP) is 4.05. The lowest BCUT2D eigenvalue weighted by molar-refractivity contribution is 0.0950. The lowest BCUT2D eigenvalue weighted by atomic mass is 10.2. The van der Waals surface area contributed by atoms with Crippen molar-refractivity contribution in [3.05, 3.63) is 61.6 Å². The standard InChI is InChI=1S/C16H16BrIN2O/c1-20(2)13-6-3-11(4-7-13)10-19-16(21)14-9-12(18)5-8-15(14)17/h3-9H,10H2,1-2H3,(H,19,21). The molecule has 0 radical (unpaired) electrons. The molecule has 0 unspecified atom stereocenters. The summed E-state index contributed by atoms with van der Waals surface area (Å²) in [7, 11) is 4.01. The predicted molar refractivity (Wildman–Crippen MR) is 98.8 cm³/mol. The molecule has 0 fully saturated rings. The van der Waals surface area contributed by atoms with Gasteiger partial charge < -0.3 is 10.2 Å². The molecule has 2 aromatic rings. The molecule has 0 saturated carbocycles. The molecule has 0 aromatic heterocycles. The second kappa shape index (κ2) is 7.26. The Labute approximate surface area is 147 Å². The van der Waals surface area contributed by atoms with Crippen LogP contribution in [0.4, 0.5) is 5.69 Å². The number of carbonyl (C=O) groups is 1. The van der Waals surface area contributed by atoms with E-state index >= 15 is 0 Å². The Morgan fingerprint density at radius 2 is 1.86 bits per heavy atom. The van der Waals surface area contributed by atoms with E-state index in [1.165, 1.54) is 0 Å². The fourth-order valence-corrected chi connectivity index (χ4v) is 2.78. The van der Waals surface area contributed by atoms with Gasteiger partial charge in [-0.2, -0.15) is 0 Å². The van der Waals surface area contributed by atoms with E-state index in [0.29, 0.717) is 12.1 Å². The molecular formula is C16H16BrIN2O. The molecule has 2 aromatic carbocycles. The number of amides is 1. The molecule has 3 nitrogen and oxygen atoms in total. The number of hydrogen-bond acceptors (Lipinski definition) is 2. The number of rotatable bonds is 4. The van der Waals surface area contributed by atoms with Gasteiger partial charge >= 0.3 is 0 Å². The van der Waals surface area contributed by atoms with Crippen LogP contribution in [0.15, 0.2) is 46.9 Å². The van der Waals surface area contributed by atoms with Crippen LogP contribution in [0.1, 0.15) is 15.9 Å². The van der Waals surface area contributed by atoms with E-state index in [-0.39, 0.29) is 5.91 Å². The van der Waals surface area contributed by atoms with Crippen molar-refractivity contribution >= 4 is 50.1 Å². The van der Waals surface area contributed by atoms with Crippen LogP contribution in [0.25, 0.3) is 0 Å². The Hall–Kier alpha value is -1.08. The highest BCUT2D eigenvalue weighted by molar-refractivity contribution is 14.1. The summed E-state index contributed by atoms with van der Waals surface area (Å²) in [6, 6.07) is 13.9. The molecular weight excluding hydrogens is 443 g/mol. The number of anilines is 1. The Balaban J connectivity index is 2.02. The first-order valence-electron chi connectivity index (χ1n) is 6.47. The summed E-state index contributed by atoms with van der Waals surface area (Å²) >= 11 is 5.61. The third-order valence-electron chi connectivity index (χ3n) is 3.08. The molecule has 1 amide bonds.